The highest BCUT2D eigenvalue weighted by Gasteiger charge is 2.41. The number of fused-ring (bicyclic) bond motifs is 1. The second-order valence-electron chi connectivity index (χ2n) is 9.01. The minimum absolute atomic E-state index is 0.00212. The van der Waals surface area contributed by atoms with Gasteiger partial charge in [0.15, 0.2) is 0 Å². The van der Waals surface area contributed by atoms with Crippen molar-refractivity contribution in [3.8, 4) is 0 Å². The normalized spacial score (nSPS) is 22.0. The number of aromatic nitrogens is 1. The zero-order chi connectivity index (χ0) is 22.9. The number of nitrogens with zero attached hydrogens (tertiary/aromatic N) is 2. The van der Waals surface area contributed by atoms with Gasteiger partial charge in [0.2, 0.25) is 5.91 Å². The summed E-state index contributed by atoms with van der Waals surface area (Å²) in [5.41, 5.74) is 16.0. The van der Waals surface area contributed by atoms with Gasteiger partial charge in [-0.25, -0.2) is 9.80 Å². The minimum Gasteiger partial charge on any atom is -0.445 e. The van der Waals surface area contributed by atoms with Crippen molar-refractivity contribution >= 4 is 12.0 Å². The summed E-state index contributed by atoms with van der Waals surface area (Å²) >= 11 is 0. The van der Waals surface area contributed by atoms with Crippen LogP contribution in [-0.4, -0.2) is 46.1 Å². The number of H-pyrrole nitrogens is 1. The second-order valence-corrected chi connectivity index (χ2v) is 9.01. The molecule has 2 aromatic rings. The predicted octanol–water partition coefficient (Wildman–Crippen LogP) is 2.93. The highest BCUT2D eigenvalue weighted by Crippen LogP contribution is 2.36. The maximum Gasteiger partial charge on any atom is 0.410 e. The van der Waals surface area contributed by atoms with Gasteiger partial charge in [0.25, 0.3) is 0 Å². The number of benzene rings is 1. The first-order valence-corrected chi connectivity index (χ1v) is 11.8. The zero-order valence-corrected chi connectivity index (χ0v) is 19.0. The fraction of sp³-hybridized carbons (Fsp3) is 0.440. The van der Waals surface area contributed by atoms with Gasteiger partial charge in [0.05, 0.1) is 12.5 Å². The molecule has 1 aromatic heterocycles. The highest BCUT2D eigenvalue weighted by atomic mass is 16.6. The number of rotatable bonds is 4. The lowest BCUT2D eigenvalue weighted by atomic mass is 9.86. The first kappa shape index (κ1) is 21.6. The van der Waals surface area contributed by atoms with E-state index in [0.717, 1.165) is 48.1 Å². The van der Waals surface area contributed by atoms with E-state index in [-0.39, 0.29) is 24.5 Å². The Morgan fingerprint density at radius 1 is 1.21 bits per heavy atom. The van der Waals surface area contributed by atoms with Crippen LogP contribution in [0.4, 0.5) is 4.79 Å². The Morgan fingerprint density at radius 3 is 2.82 bits per heavy atom. The average molecular weight is 450 g/mol. The summed E-state index contributed by atoms with van der Waals surface area (Å²) in [6, 6.07) is 11.8. The summed E-state index contributed by atoms with van der Waals surface area (Å²) in [5, 5.41) is 1.57. The monoisotopic (exact) mass is 449 g/mol. The number of hydrogen-bond donors (Lipinski definition) is 3. The molecule has 0 fully saturated rings. The maximum atomic E-state index is 13.5. The molecular weight excluding hydrogens is 418 g/mol. The third-order valence-electron chi connectivity index (χ3n) is 6.94. The number of aromatic amines is 1. The van der Waals surface area contributed by atoms with E-state index in [2.05, 4.69) is 23.4 Å². The van der Waals surface area contributed by atoms with Gasteiger partial charge >= 0.3 is 6.09 Å². The van der Waals surface area contributed by atoms with Crippen LogP contribution >= 0.6 is 0 Å². The number of carbonyl (C=O) groups excluding carboxylic acids is 2. The Bertz CT molecular complexity index is 1080. The zero-order valence-electron chi connectivity index (χ0n) is 19.0. The van der Waals surface area contributed by atoms with Crippen LogP contribution in [0.3, 0.4) is 0 Å². The molecule has 8 heteroatoms. The molecule has 174 valence electrons. The Balaban J connectivity index is 1.24. The van der Waals surface area contributed by atoms with Gasteiger partial charge in [-0.3, -0.25) is 10.2 Å². The molecule has 5 rings (SSSR count). The summed E-state index contributed by atoms with van der Waals surface area (Å²) in [4.78, 5) is 31.3. The molecule has 2 aliphatic heterocycles. The van der Waals surface area contributed by atoms with Crippen LogP contribution in [0.2, 0.25) is 0 Å². The van der Waals surface area contributed by atoms with Crippen molar-refractivity contribution < 1.29 is 14.3 Å². The molecule has 2 amide bonds. The minimum atomic E-state index is -0.591. The van der Waals surface area contributed by atoms with Crippen LogP contribution in [-0.2, 0) is 29.0 Å². The first-order valence-electron chi connectivity index (χ1n) is 11.8. The SMILES string of the molecule is CCc1cc2c([nH]1)CCCC2C(=O)N1NC2=C(CN(C(=O)OCc3ccccc3)CC2)C1N. The third kappa shape index (κ3) is 4.11. The molecular formula is C25H31N5O3. The summed E-state index contributed by atoms with van der Waals surface area (Å²) in [6.45, 7) is 3.23. The van der Waals surface area contributed by atoms with Crippen molar-refractivity contribution in [2.75, 3.05) is 13.1 Å². The Labute approximate surface area is 193 Å². The van der Waals surface area contributed by atoms with E-state index < -0.39 is 6.17 Å². The van der Waals surface area contributed by atoms with Crippen LogP contribution in [0.25, 0.3) is 0 Å². The largest absolute Gasteiger partial charge is 0.445 e. The molecule has 0 bridgehead atoms. The van der Waals surface area contributed by atoms with E-state index in [4.69, 9.17) is 10.5 Å². The Hall–Kier alpha value is -3.26. The Morgan fingerprint density at radius 2 is 2.03 bits per heavy atom. The van der Waals surface area contributed by atoms with Crippen LogP contribution in [0.5, 0.6) is 0 Å². The number of nitrogens with one attached hydrogen (secondary N) is 2. The van der Waals surface area contributed by atoms with Crippen molar-refractivity contribution in [1.29, 1.82) is 0 Å². The van der Waals surface area contributed by atoms with E-state index >= 15 is 0 Å². The van der Waals surface area contributed by atoms with Gasteiger partial charge in [0.1, 0.15) is 12.8 Å². The van der Waals surface area contributed by atoms with Crippen molar-refractivity contribution in [3.05, 3.63) is 70.2 Å². The van der Waals surface area contributed by atoms with Crippen molar-refractivity contribution in [2.45, 2.75) is 57.7 Å². The van der Waals surface area contributed by atoms with Crippen LogP contribution < -0.4 is 11.2 Å². The molecule has 0 spiro atoms. The fourth-order valence-electron chi connectivity index (χ4n) is 5.06. The average Bonchev–Trinajstić information content (AvgIpc) is 3.43. The van der Waals surface area contributed by atoms with Crippen molar-refractivity contribution in [1.82, 2.24) is 20.3 Å². The molecule has 0 radical (unpaired) electrons. The number of aryl methyl sites for hydroxylation is 2. The topological polar surface area (TPSA) is 104 Å². The maximum absolute atomic E-state index is 13.5. The number of amides is 2. The van der Waals surface area contributed by atoms with Crippen molar-refractivity contribution in [2.24, 2.45) is 5.73 Å². The van der Waals surface area contributed by atoms with Gasteiger partial charge in [-0.05, 0) is 42.9 Å². The lowest BCUT2D eigenvalue weighted by molar-refractivity contribution is -0.136. The number of ether oxygens (including phenoxy) is 1. The van der Waals surface area contributed by atoms with E-state index in [1.165, 1.54) is 11.4 Å². The summed E-state index contributed by atoms with van der Waals surface area (Å²) in [5.74, 6) is -0.199. The molecule has 3 heterocycles. The second kappa shape index (κ2) is 8.94. The van der Waals surface area contributed by atoms with E-state index in [1.807, 2.05) is 30.3 Å². The molecule has 1 aliphatic carbocycles. The fourth-order valence-corrected chi connectivity index (χ4v) is 5.06. The summed E-state index contributed by atoms with van der Waals surface area (Å²) in [6.07, 6.45) is 3.36. The number of carbonyl (C=O) groups is 2. The van der Waals surface area contributed by atoms with Crippen LogP contribution in [0.1, 0.15) is 54.6 Å². The summed E-state index contributed by atoms with van der Waals surface area (Å²) in [7, 11) is 0. The number of hydrogen-bond acceptors (Lipinski definition) is 5. The lowest BCUT2D eigenvalue weighted by Gasteiger charge is -2.30. The lowest BCUT2D eigenvalue weighted by Crippen LogP contribution is -2.51. The molecule has 2 unspecified atom stereocenters. The van der Waals surface area contributed by atoms with E-state index in [1.54, 1.807) is 9.91 Å². The smallest absolute Gasteiger partial charge is 0.410 e. The molecule has 4 N–H and O–H groups in total. The quantitative estimate of drug-likeness (QED) is 0.666. The first-order chi connectivity index (χ1) is 16.0. The standard InChI is InChI=1S/C25H31N5O3/c1-2-17-13-19-18(9-6-10-21(19)27-17)24(31)30-23(26)20-14-29(12-11-22(20)28-30)25(32)33-15-16-7-4-3-5-8-16/h3-5,7-8,13,18,23,27-28H,2,6,9-12,14-15,26H2,1H3. The van der Waals surface area contributed by atoms with E-state index in [0.29, 0.717) is 19.5 Å². The molecule has 0 saturated carbocycles. The number of hydrazine groups is 1. The molecule has 3 aliphatic rings. The van der Waals surface area contributed by atoms with Gasteiger partial charge in [-0.2, -0.15) is 0 Å². The van der Waals surface area contributed by atoms with E-state index in [9.17, 15) is 9.59 Å². The van der Waals surface area contributed by atoms with Crippen molar-refractivity contribution in [3.63, 3.8) is 0 Å². The summed E-state index contributed by atoms with van der Waals surface area (Å²) < 4.78 is 5.49. The number of nitrogens with two attached hydrogens (primary N) is 1. The van der Waals surface area contributed by atoms with Gasteiger partial charge in [-0.1, -0.05) is 37.3 Å². The molecule has 33 heavy (non-hydrogen) atoms. The molecule has 1 aromatic carbocycles. The van der Waals surface area contributed by atoms with Crippen LogP contribution in [0.15, 0.2) is 47.7 Å². The highest BCUT2D eigenvalue weighted by molar-refractivity contribution is 5.85. The molecule has 2 atom stereocenters. The predicted molar refractivity (Wildman–Crippen MR) is 124 cm³/mol. The molecule has 0 saturated heterocycles. The van der Waals surface area contributed by atoms with Gasteiger partial charge < -0.3 is 20.4 Å². The van der Waals surface area contributed by atoms with Gasteiger partial charge in [0, 0.05) is 35.6 Å². The van der Waals surface area contributed by atoms with Gasteiger partial charge in [-0.15, -0.1) is 0 Å². The third-order valence-corrected chi connectivity index (χ3v) is 6.94. The Kier molecular flexibility index (Phi) is 5.85. The molecule has 8 nitrogen and oxygen atoms in total. The van der Waals surface area contributed by atoms with Crippen LogP contribution in [0, 0.1) is 0 Å².